The lowest BCUT2D eigenvalue weighted by molar-refractivity contribution is -0.116. The quantitative estimate of drug-likeness (QED) is 0.796. The van der Waals surface area contributed by atoms with E-state index in [-0.39, 0.29) is 18.9 Å². The summed E-state index contributed by atoms with van der Waals surface area (Å²) < 4.78 is 5.15. The molecule has 1 aromatic carbocycles. The number of carbonyl (C=O) groups is 1. The van der Waals surface area contributed by atoms with Crippen molar-refractivity contribution in [2.75, 3.05) is 19.0 Å². The number of amides is 1. The molecule has 1 aromatic rings. The predicted molar refractivity (Wildman–Crippen MR) is 62.7 cm³/mol. The lowest BCUT2D eigenvalue weighted by atomic mass is 10.1. The van der Waals surface area contributed by atoms with Crippen molar-refractivity contribution in [2.45, 2.75) is 19.8 Å². The first-order valence-corrected chi connectivity index (χ1v) is 5.28. The zero-order chi connectivity index (χ0) is 12.0. The SMILES string of the molecule is CCc1ccc(OC)c(NC(=O)CCO)c1. The van der Waals surface area contributed by atoms with E-state index in [0.717, 1.165) is 12.0 Å². The normalized spacial score (nSPS) is 9.94. The highest BCUT2D eigenvalue weighted by Gasteiger charge is 2.07. The van der Waals surface area contributed by atoms with Gasteiger partial charge in [-0.05, 0) is 24.1 Å². The molecule has 0 atom stereocenters. The van der Waals surface area contributed by atoms with E-state index < -0.39 is 0 Å². The number of nitrogens with one attached hydrogen (secondary N) is 1. The van der Waals surface area contributed by atoms with Crippen molar-refractivity contribution >= 4 is 11.6 Å². The molecule has 0 saturated carbocycles. The number of methoxy groups -OCH3 is 1. The highest BCUT2D eigenvalue weighted by molar-refractivity contribution is 5.92. The van der Waals surface area contributed by atoms with E-state index in [2.05, 4.69) is 5.32 Å². The van der Waals surface area contributed by atoms with Crippen LogP contribution in [-0.2, 0) is 11.2 Å². The largest absolute Gasteiger partial charge is 0.495 e. The van der Waals surface area contributed by atoms with Crippen LogP contribution < -0.4 is 10.1 Å². The van der Waals surface area contributed by atoms with Crippen LogP contribution in [0.25, 0.3) is 0 Å². The van der Waals surface area contributed by atoms with Crippen LogP contribution in [0.4, 0.5) is 5.69 Å². The molecule has 1 rings (SSSR count). The maximum absolute atomic E-state index is 11.4. The Morgan fingerprint density at radius 1 is 1.50 bits per heavy atom. The maximum Gasteiger partial charge on any atom is 0.226 e. The van der Waals surface area contributed by atoms with Gasteiger partial charge in [0.25, 0.3) is 0 Å². The van der Waals surface area contributed by atoms with E-state index in [1.54, 1.807) is 7.11 Å². The molecule has 0 aliphatic heterocycles. The summed E-state index contributed by atoms with van der Waals surface area (Å²) in [6.45, 7) is 1.89. The fraction of sp³-hybridized carbons (Fsp3) is 0.417. The standard InChI is InChI=1S/C12H17NO3/c1-3-9-4-5-11(16-2)10(8-9)13-12(15)6-7-14/h4-5,8,14H,3,6-7H2,1-2H3,(H,13,15). The lowest BCUT2D eigenvalue weighted by Crippen LogP contribution is -2.13. The lowest BCUT2D eigenvalue weighted by Gasteiger charge is -2.11. The Hall–Kier alpha value is -1.55. The van der Waals surface area contributed by atoms with E-state index >= 15 is 0 Å². The zero-order valence-corrected chi connectivity index (χ0v) is 9.62. The molecule has 0 spiro atoms. The van der Waals surface area contributed by atoms with Crippen LogP contribution in [0.2, 0.25) is 0 Å². The van der Waals surface area contributed by atoms with Gasteiger partial charge in [-0.3, -0.25) is 4.79 Å². The van der Waals surface area contributed by atoms with E-state index in [1.807, 2.05) is 25.1 Å². The molecular formula is C12H17NO3. The summed E-state index contributed by atoms with van der Waals surface area (Å²) in [4.78, 5) is 11.4. The second-order valence-corrected chi connectivity index (χ2v) is 3.41. The number of ether oxygens (including phenoxy) is 1. The second kappa shape index (κ2) is 6.12. The summed E-state index contributed by atoms with van der Waals surface area (Å²) in [6.07, 6.45) is 0.992. The Morgan fingerprint density at radius 2 is 2.25 bits per heavy atom. The maximum atomic E-state index is 11.4. The number of carbonyl (C=O) groups excluding carboxylic acids is 1. The third kappa shape index (κ3) is 3.24. The molecule has 0 aliphatic rings. The van der Waals surface area contributed by atoms with Gasteiger partial charge in [-0.1, -0.05) is 13.0 Å². The molecule has 4 heteroatoms. The smallest absolute Gasteiger partial charge is 0.226 e. The molecule has 0 bridgehead atoms. The van der Waals surface area contributed by atoms with Crippen LogP contribution in [0, 0.1) is 0 Å². The van der Waals surface area contributed by atoms with Gasteiger partial charge < -0.3 is 15.2 Å². The number of hydrogen-bond acceptors (Lipinski definition) is 3. The van der Waals surface area contributed by atoms with Crippen LogP contribution in [-0.4, -0.2) is 24.7 Å². The Bertz CT molecular complexity index is 363. The minimum absolute atomic E-state index is 0.0967. The Morgan fingerprint density at radius 3 is 2.81 bits per heavy atom. The van der Waals surface area contributed by atoms with Gasteiger partial charge in [-0.25, -0.2) is 0 Å². The number of benzene rings is 1. The molecular weight excluding hydrogens is 206 g/mol. The average Bonchev–Trinajstić information content (AvgIpc) is 2.29. The van der Waals surface area contributed by atoms with Crippen molar-refractivity contribution in [2.24, 2.45) is 0 Å². The third-order valence-electron chi connectivity index (χ3n) is 2.29. The first kappa shape index (κ1) is 12.5. The third-order valence-corrected chi connectivity index (χ3v) is 2.29. The van der Waals surface area contributed by atoms with Crippen molar-refractivity contribution in [1.82, 2.24) is 0 Å². The molecule has 0 saturated heterocycles. The summed E-state index contributed by atoms with van der Waals surface area (Å²) >= 11 is 0. The minimum atomic E-state index is -0.214. The Kier molecular flexibility index (Phi) is 4.79. The molecule has 0 heterocycles. The Balaban J connectivity index is 2.86. The first-order valence-electron chi connectivity index (χ1n) is 5.28. The summed E-state index contributed by atoms with van der Waals surface area (Å²) in [6, 6.07) is 5.67. The number of rotatable bonds is 5. The summed E-state index contributed by atoms with van der Waals surface area (Å²) in [7, 11) is 1.56. The molecule has 1 amide bonds. The van der Waals surface area contributed by atoms with Gasteiger partial charge in [0.05, 0.1) is 25.8 Å². The minimum Gasteiger partial charge on any atom is -0.495 e. The van der Waals surface area contributed by atoms with E-state index in [4.69, 9.17) is 9.84 Å². The molecule has 0 aromatic heterocycles. The second-order valence-electron chi connectivity index (χ2n) is 3.41. The topological polar surface area (TPSA) is 58.6 Å². The van der Waals surface area contributed by atoms with Gasteiger partial charge in [-0.15, -0.1) is 0 Å². The fourth-order valence-electron chi connectivity index (χ4n) is 1.39. The van der Waals surface area contributed by atoms with E-state index in [9.17, 15) is 4.79 Å². The average molecular weight is 223 g/mol. The number of aliphatic hydroxyl groups is 1. The highest BCUT2D eigenvalue weighted by Crippen LogP contribution is 2.25. The van der Waals surface area contributed by atoms with Gasteiger partial charge in [0.2, 0.25) is 5.91 Å². The predicted octanol–water partition coefficient (Wildman–Crippen LogP) is 1.58. The van der Waals surface area contributed by atoms with Crippen molar-refractivity contribution in [1.29, 1.82) is 0 Å². The molecule has 0 unspecified atom stereocenters. The fourth-order valence-corrected chi connectivity index (χ4v) is 1.39. The molecule has 0 aliphatic carbocycles. The summed E-state index contributed by atoms with van der Waals surface area (Å²) in [5, 5.41) is 11.4. The van der Waals surface area contributed by atoms with Gasteiger partial charge in [-0.2, -0.15) is 0 Å². The van der Waals surface area contributed by atoms with Gasteiger partial charge in [0, 0.05) is 0 Å². The number of aryl methyl sites for hydroxylation is 1. The number of aliphatic hydroxyl groups excluding tert-OH is 1. The van der Waals surface area contributed by atoms with Crippen LogP contribution in [0.5, 0.6) is 5.75 Å². The van der Waals surface area contributed by atoms with Crippen LogP contribution >= 0.6 is 0 Å². The molecule has 16 heavy (non-hydrogen) atoms. The molecule has 2 N–H and O–H groups in total. The summed E-state index contributed by atoms with van der Waals surface area (Å²) in [5.74, 6) is 0.414. The molecule has 0 fully saturated rings. The number of hydrogen-bond donors (Lipinski definition) is 2. The highest BCUT2D eigenvalue weighted by atomic mass is 16.5. The van der Waals surface area contributed by atoms with Crippen molar-refractivity contribution in [3.05, 3.63) is 23.8 Å². The molecule has 4 nitrogen and oxygen atoms in total. The first-order chi connectivity index (χ1) is 7.71. The summed E-state index contributed by atoms with van der Waals surface area (Å²) in [5.41, 5.74) is 1.78. The van der Waals surface area contributed by atoms with Crippen LogP contribution in [0.1, 0.15) is 18.9 Å². The van der Waals surface area contributed by atoms with Gasteiger partial charge in [0.1, 0.15) is 5.75 Å². The zero-order valence-electron chi connectivity index (χ0n) is 9.62. The van der Waals surface area contributed by atoms with Crippen molar-refractivity contribution in [3.8, 4) is 5.75 Å². The van der Waals surface area contributed by atoms with Crippen molar-refractivity contribution < 1.29 is 14.6 Å². The van der Waals surface area contributed by atoms with Gasteiger partial charge in [0.15, 0.2) is 0 Å². The van der Waals surface area contributed by atoms with Crippen LogP contribution in [0.3, 0.4) is 0 Å². The van der Waals surface area contributed by atoms with Gasteiger partial charge >= 0.3 is 0 Å². The monoisotopic (exact) mass is 223 g/mol. The number of anilines is 1. The van der Waals surface area contributed by atoms with Crippen LogP contribution in [0.15, 0.2) is 18.2 Å². The molecule has 88 valence electrons. The Labute approximate surface area is 95.2 Å². The van der Waals surface area contributed by atoms with Crippen molar-refractivity contribution in [3.63, 3.8) is 0 Å². The van der Waals surface area contributed by atoms with E-state index in [0.29, 0.717) is 11.4 Å². The van der Waals surface area contributed by atoms with E-state index in [1.165, 1.54) is 0 Å². The molecule has 0 radical (unpaired) electrons.